The van der Waals surface area contributed by atoms with E-state index >= 15 is 0 Å². The maximum Gasteiger partial charge on any atom is 0.218 e. The lowest BCUT2D eigenvalue weighted by Gasteiger charge is -2.24. The minimum absolute atomic E-state index is 0.0535. The molecule has 0 amide bonds. The van der Waals surface area contributed by atoms with Crippen LogP contribution >= 0.6 is 11.6 Å². The molecular weight excluding hydrogens is 318 g/mol. The van der Waals surface area contributed by atoms with Crippen molar-refractivity contribution in [1.82, 2.24) is 4.31 Å². The Morgan fingerprint density at radius 1 is 1.05 bits per heavy atom. The molecule has 5 heteroatoms. The van der Waals surface area contributed by atoms with E-state index in [4.69, 9.17) is 11.6 Å². The summed E-state index contributed by atoms with van der Waals surface area (Å²) in [5, 5.41) is 0.667. The molecule has 1 saturated heterocycles. The van der Waals surface area contributed by atoms with Gasteiger partial charge in [-0.15, -0.1) is 0 Å². The number of hydrogen-bond donors (Lipinski definition) is 0. The van der Waals surface area contributed by atoms with Crippen LogP contribution in [0.4, 0.5) is 0 Å². The molecule has 1 aliphatic rings. The Kier molecular flexibility index (Phi) is 4.52. The Labute approximate surface area is 136 Å². The lowest BCUT2D eigenvalue weighted by Crippen LogP contribution is -2.31. The van der Waals surface area contributed by atoms with Gasteiger partial charge in [0, 0.05) is 17.6 Å². The third kappa shape index (κ3) is 3.35. The van der Waals surface area contributed by atoms with Crippen LogP contribution in [0, 0.1) is 0 Å². The maximum absolute atomic E-state index is 12.8. The lowest BCUT2D eigenvalue weighted by molar-refractivity contribution is 0.396. The zero-order chi connectivity index (χ0) is 15.6. The molecule has 3 nitrogen and oxygen atoms in total. The van der Waals surface area contributed by atoms with Crippen molar-refractivity contribution in [2.24, 2.45) is 0 Å². The van der Waals surface area contributed by atoms with Crippen molar-refractivity contribution in [1.29, 1.82) is 0 Å². The van der Waals surface area contributed by atoms with Crippen LogP contribution in [0.25, 0.3) is 0 Å². The summed E-state index contributed by atoms with van der Waals surface area (Å²) in [6.07, 6.45) is 1.75. The second-order valence-electron chi connectivity index (χ2n) is 5.56. The summed E-state index contributed by atoms with van der Waals surface area (Å²) < 4.78 is 27.1. The molecule has 0 aliphatic carbocycles. The molecule has 0 spiro atoms. The summed E-state index contributed by atoms with van der Waals surface area (Å²) >= 11 is 5.92. The van der Waals surface area contributed by atoms with Crippen LogP contribution in [0.5, 0.6) is 0 Å². The van der Waals surface area contributed by atoms with Gasteiger partial charge in [0.25, 0.3) is 0 Å². The molecular formula is C17H18ClNO2S. The minimum atomic E-state index is -3.32. The molecule has 0 saturated carbocycles. The highest BCUT2D eigenvalue weighted by molar-refractivity contribution is 7.88. The van der Waals surface area contributed by atoms with E-state index in [2.05, 4.69) is 0 Å². The van der Waals surface area contributed by atoms with E-state index in [9.17, 15) is 8.42 Å². The first kappa shape index (κ1) is 15.5. The Balaban J connectivity index is 1.84. The van der Waals surface area contributed by atoms with Gasteiger partial charge in [0.15, 0.2) is 0 Å². The van der Waals surface area contributed by atoms with Gasteiger partial charge < -0.3 is 0 Å². The predicted octanol–water partition coefficient (Wildman–Crippen LogP) is 4.01. The van der Waals surface area contributed by atoms with Crippen LogP contribution in [0.2, 0.25) is 5.02 Å². The van der Waals surface area contributed by atoms with Gasteiger partial charge in [0.2, 0.25) is 10.0 Å². The molecule has 0 unspecified atom stereocenters. The summed E-state index contributed by atoms with van der Waals surface area (Å²) in [4.78, 5) is 0. The van der Waals surface area contributed by atoms with Gasteiger partial charge in [-0.1, -0.05) is 54.1 Å². The third-order valence-electron chi connectivity index (χ3n) is 4.01. The summed E-state index contributed by atoms with van der Waals surface area (Å²) in [7, 11) is -3.32. The molecule has 0 radical (unpaired) electrons. The number of benzene rings is 2. The van der Waals surface area contributed by atoms with Crippen LogP contribution in [0.3, 0.4) is 0 Å². The minimum Gasteiger partial charge on any atom is -0.212 e. The first-order chi connectivity index (χ1) is 10.6. The second-order valence-corrected chi connectivity index (χ2v) is 7.92. The Morgan fingerprint density at radius 3 is 2.41 bits per heavy atom. The van der Waals surface area contributed by atoms with Gasteiger partial charge in [-0.25, -0.2) is 8.42 Å². The molecule has 1 atom stereocenters. The van der Waals surface area contributed by atoms with E-state index in [1.54, 1.807) is 4.31 Å². The summed E-state index contributed by atoms with van der Waals surface area (Å²) in [5.74, 6) is 0.0535. The fourth-order valence-electron chi connectivity index (χ4n) is 2.96. The number of halogens is 1. The molecule has 1 aliphatic heterocycles. The molecule has 0 bridgehead atoms. The largest absolute Gasteiger partial charge is 0.218 e. The van der Waals surface area contributed by atoms with Crippen molar-refractivity contribution in [3.8, 4) is 0 Å². The van der Waals surface area contributed by atoms with E-state index in [1.165, 1.54) is 0 Å². The van der Waals surface area contributed by atoms with Crippen LogP contribution in [0.15, 0.2) is 54.6 Å². The Morgan fingerprint density at radius 2 is 1.73 bits per heavy atom. The zero-order valence-electron chi connectivity index (χ0n) is 12.2. The van der Waals surface area contributed by atoms with Crippen LogP contribution in [0.1, 0.15) is 30.0 Å². The zero-order valence-corrected chi connectivity index (χ0v) is 13.7. The van der Waals surface area contributed by atoms with Gasteiger partial charge in [0.1, 0.15) is 0 Å². The monoisotopic (exact) mass is 335 g/mol. The van der Waals surface area contributed by atoms with Crippen molar-refractivity contribution in [2.45, 2.75) is 24.6 Å². The molecule has 1 fully saturated rings. The number of hydrogen-bond acceptors (Lipinski definition) is 2. The molecule has 0 aromatic heterocycles. The molecule has 3 rings (SSSR count). The fourth-order valence-corrected chi connectivity index (χ4v) is 4.89. The Bertz CT molecular complexity index is 729. The smallest absolute Gasteiger partial charge is 0.212 e. The lowest BCUT2D eigenvalue weighted by atomic mass is 10.1. The topological polar surface area (TPSA) is 37.4 Å². The molecule has 22 heavy (non-hydrogen) atoms. The van der Waals surface area contributed by atoms with Crippen molar-refractivity contribution < 1.29 is 8.42 Å². The number of sulfonamides is 1. The first-order valence-corrected chi connectivity index (χ1v) is 9.34. The quantitative estimate of drug-likeness (QED) is 0.846. The first-order valence-electron chi connectivity index (χ1n) is 7.35. The SMILES string of the molecule is O=S(=O)(Cc1ccccc1)N1CCC[C@@H]1c1ccc(Cl)cc1. The van der Waals surface area contributed by atoms with Gasteiger partial charge in [-0.2, -0.15) is 4.31 Å². The highest BCUT2D eigenvalue weighted by atomic mass is 35.5. The number of rotatable bonds is 4. The highest BCUT2D eigenvalue weighted by Gasteiger charge is 2.34. The summed E-state index contributed by atoms with van der Waals surface area (Å²) in [6.45, 7) is 0.586. The fraction of sp³-hybridized carbons (Fsp3) is 0.294. The third-order valence-corrected chi connectivity index (χ3v) is 6.11. The van der Waals surface area contributed by atoms with E-state index in [-0.39, 0.29) is 11.8 Å². The summed E-state index contributed by atoms with van der Waals surface area (Å²) in [6, 6.07) is 16.7. The van der Waals surface area contributed by atoms with Crippen LogP contribution in [-0.2, 0) is 15.8 Å². The molecule has 2 aromatic carbocycles. The van der Waals surface area contributed by atoms with E-state index < -0.39 is 10.0 Å². The molecule has 116 valence electrons. The van der Waals surface area contributed by atoms with Gasteiger partial charge in [-0.05, 0) is 36.1 Å². The van der Waals surface area contributed by atoms with Crippen LogP contribution in [-0.4, -0.2) is 19.3 Å². The maximum atomic E-state index is 12.8. The summed E-state index contributed by atoms with van der Waals surface area (Å²) in [5.41, 5.74) is 1.84. The number of nitrogens with zero attached hydrogens (tertiary/aromatic N) is 1. The van der Waals surface area contributed by atoms with Gasteiger partial charge >= 0.3 is 0 Å². The van der Waals surface area contributed by atoms with Crippen molar-refractivity contribution in [2.75, 3.05) is 6.54 Å². The van der Waals surface area contributed by atoms with Crippen molar-refractivity contribution in [3.05, 3.63) is 70.7 Å². The van der Waals surface area contributed by atoms with Crippen molar-refractivity contribution in [3.63, 3.8) is 0 Å². The second kappa shape index (κ2) is 6.41. The molecule has 2 aromatic rings. The van der Waals surface area contributed by atoms with E-state index in [1.807, 2.05) is 54.6 Å². The van der Waals surface area contributed by atoms with Crippen LogP contribution < -0.4 is 0 Å². The van der Waals surface area contributed by atoms with Gasteiger partial charge in [-0.3, -0.25) is 0 Å². The average molecular weight is 336 g/mol. The average Bonchev–Trinajstić information content (AvgIpc) is 2.99. The van der Waals surface area contributed by atoms with E-state index in [0.29, 0.717) is 11.6 Å². The van der Waals surface area contributed by atoms with Gasteiger partial charge in [0.05, 0.1) is 5.75 Å². The highest BCUT2D eigenvalue weighted by Crippen LogP contribution is 2.35. The van der Waals surface area contributed by atoms with E-state index in [0.717, 1.165) is 24.0 Å². The Hall–Kier alpha value is -1.36. The predicted molar refractivity (Wildman–Crippen MR) is 89.2 cm³/mol. The standard InChI is InChI=1S/C17H18ClNO2S/c18-16-10-8-15(9-11-16)17-7-4-12-19(17)22(20,21)13-14-5-2-1-3-6-14/h1-3,5-6,8-11,17H,4,7,12-13H2/t17-/m1/s1. The normalized spacial score (nSPS) is 19.4. The molecule has 0 N–H and O–H groups in total. The van der Waals surface area contributed by atoms with Crippen molar-refractivity contribution >= 4 is 21.6 Å². The molecule has 1 heterocycles.